The van der Waals surface area contributed by atoms with Crippen molar-refractivity contribution in [1.29, 1.82) is 0 Å². The van der Waals surface area contributed by atoms with Crippen LogP contribution in [0.25, 0.3) is 22.2 Å². The van der Waals surface area contributed by atoms with E-state index in [9.17, 15) is 0 Å². The molecule has 2 aromatic carbocycles. The maximum atomic E-state index is 5.77. The van der Waals surface area contributed by atoms with Gasteiger partial charge in [-0.15, -0.1) is 0 Å². The van der Waals surface area contributed by atoms with Crippen LogP contribution in [-0.4, -0.2) is 16.6 Å². The molecule has 0 amide bonds. The molecule has 28 heavy (non-hydrogen) atoms. The highest BCUT2D eigenvalue weighted by Crippen LogP contribution is 2.34. The molecule has 1 aliphatic heterocycles. The van der Waals surface area contributed by atoms with Crippen molar-refractivity contribution < 1.29 is 9.15 Å². The van der Waals surface area contributed by atoms with Crippen molar-refractivity contribution >= 4 is 16.8 Å². The van der Waals surface area contributed by atoms with Gasteiger partial charge >= 0.3 is 0 Å². The Morgan fingerprint density at radius 3 is 2.86 bits per heavy atom. The van der Waals surface area contributed by atoms with E-state index in [-0.39, 0.29) is 6.04 Å². The molecular formula is C23H21N3O2. The van der Waals surface area contributed by atoms with Gasteiger partial charge in [0, 0.05) is 29.0 Å². The maximum absolute atomic E-state index is 5.77. The van der Waals surface area contributed by atoms with Crippen LogP contribution in [-0.2, 0) is 0 Å². The van der Waals surface area contributed by atoms with Crippen LogP contribution in [0.3, 0.4) is 0 Å². The number of ether oxygens (including phenoxy) is 1. The zero-order valence-corrected chi connectivity index (χ0v) is 15.9. The van der Waals surface area contributed by atoms with E-state index in [1.165, 1.54) is 5.56 Å². The summed E-state index contributed by atoms with van der Waals surface area (Å²) in [5.74, 6) is 2.51. The zero-order valence-electron chi connectivity index (χ0n) is 15.9. The lowest BCUT2D eigenvalue weighted by atomic mass is 10.0. The summed E-state index contributed by atoms with van der Waals surface area (Å²) in [4.78, 5) is 9.27. The van der Waals surface area contributed by atoms with Gasteiger partial charge in [-0.2, -0.15) is 0 Å². The van der Waals surface area contributed by atoms with Crippen molar-refractivity contribution in [2.45, 2.75) is 26.3 Å². The van der Waals surface area contributed by atoms with Crippen LogP contribution in [0.2, 0.25) is 0 Å². The normalized spacial score (nSPS) is 15.9. The second-order valence-corrected chi connectivity index (χ2v) is 7.19. The maximum Gasteiger partial charge on any atom is 0.134 e. The molecule has 0 saturated carbocycles. The van der Waals surface area contributed by atoms with Gasteiger partial charge in [0.05, 0.1) is 24.6 Å². The van der Waals surface area contributed by atoms with Gasteiger partial charge in [0.2, 0.25) is 0 Å². The van der Waals surface area contributed by atoms with Crippen LogP contribution in [0.4, 0.5) is 5.82 Å². The van der Waals surface area contributed by atoms with Gasteiger partial charge in [-0.25, -0.2) is 9.97 Å². The number of fused-ring (bicyclic) bond motifs is 2. The fraction of sp³-hybridized carbons (Fsp3) is 0.217. The fourth-order valence-electron chi connectivity index (χ4n) is 3.78. The Hall–Kier alpha value is -3.34. The Bertz CT molecular complexity index is 1170. The van der Waals surface area contributed by atoms with Crippen molar-refractivity contribution in [3.8, 4) is 17.0 Å². The van der Waals surface area contributed by atoms with Gasteiger partial charge in [0.1, 0.15) is 23.0 Å². The number of para-hydroxylation sites is 1. The number of nitrogens with zero attached hydrogens (tertiary/aromatic N) is 2. The molecule has 3 heterocycles. The molecule has 4 aromatic rings. The number of rotatable bonds is 3. The van der Waals surface area contributed by atoms with Crippen LogP contribution in [0.5, 0.6) is 5.75 Å². The quantitative estimate of drug-likeness (QED) is 0.519. The summed E-state index contributed by atoms with van der Waals surface area (Å²) in [5, 5.41) is 4.69. The number of furan rings is 1. The molecule has 0 radical (unpaired) electrons. The molecule has 5 nitrogen and oxygen atoms in total. The lowest BCUT2D eigenvalue weighted by Gasteiger charge is -2.27. The van der Waals surface area contributed by atoms with E-state index in [1.807, 2.05) is 43.3 Å². The molecule has 0 unspecified atom stereocenters. The first-order valence-electron chi connectivity index (χ1n) is 9.49. The van der Waals surface area contributed by atoms with Crippen LogP contribution >= 0.6 is 0 Å². The smallest absolute Gasteiger partial charge is 0.134 e. The molecular weight excluding hydrogens is 350 g/mol. The third-order valence-electron chi connectivity index (χ3n) is 5.18. The Morgan fingerprint density at radius 2 is 1.93 bits per heavy atom. The number of aryl methyl sites for hydroxylation is 2. The van der Waals surface area contributed by atoms with E-state index in [0.717, 1.165) is 51.6 Å². The first-order valence-corrected chi connectivity index (χ1v) is 9.49. The average Bonchev–Trinajstić information content (AvgIpc) is 3.08. The third kappa shape index (κ3) is 2.99. The van der Waals surface area contributed by atoms with Crippen molar-refractivity contribution in [1.82, 2.24) is 9.97 Å². The zero-order chi connectivity index (χ0) is 19.1. The Labute approximate surface area is 163 Å². The third-order valence-corrected chi connectivity index (χ3v) is 5.18. The Balaban J connectivity index is 1.50. The number of benzene rings is 2. The van der Waals surface area contributed by atoms with Crippen LogP contribution in [0.15, 0.2) is 59.2 Å². The molecule has 0 aliphatic carbocycles. The molecule has 2 aromatic heterocycles. The largest absolute Gasteiger partial charge is 0.493 e. The van der Waals surface area contributed by atoms with Gasteiger partial charge in [-0.3, -0.25) is 0 Å². The first-order chi connectivity index (χ1) is 13.7. The van der Waals surface area contributed by atoms with E-state index in [1.54, 1.807) is 6.26 Å². The number of aromatic nitrogens is 2. The molecule has 5 heteroatoms. The monoisotopic (exact) mass is 371 g/mol. The number of nitrogens with one attached hydrogen (secondary N) is 1. The fourth-order valence-corrected chi connectivity index (χ4v) is 3.78. The van der Waals surface area contributed by atoms with Gasteiger partial charge < -0.3 is 14.5 Å². The lowest BCUT2D eigenvalue weighted by Crippen LogP contribution is -2.21. The van der Waals surface area contributed by atoms with Crippen molar-refractivity contribution in [2.24, 2.45) is 0 Å². The van der Waals surface area contributed by atoms with Crippen LogP contribution < -0.4 is 10.1 Å². The van der Waals surface area contributed by atoms with Crippen molar-refractivity contribution in [2.75, 3.05) is 11.9 Å². The van der Waals surface area contributed by atoms with Crippen LogP contribution in [0, 0.1) is 13.8 Å². The van der Waals surface area contributed by atoms with Gasteiger partial charge in [0.15, 0.2) is 0 Å². The number of hydrogen-bond donors (Lipinski definition) is 1. The SMILES string of the molecule is Cc1nc(N[C@@H]2CCOc3ccccc32)cc(-c2ccc3occ(C)c3c2)n1. The van der Waals surface area contributed by atoms with E-state index in [4.69, 9.17) is 9.15 Å². The van der Waals surface area contributed by atoms with Gasteiger partial charge in [-0.1, -0.05) is 18.2 Å². The van der Waals surface area contributed by atoms with E-state index in [0.29, 0.717) is 6.61 Å². The molecule has 1 N–H and O–H groups in total. The van der Waals surface area contributed by atoms with Gasteiger partial charge in [0.25, 0.3) is 0 Å². The predicted molar refractivity (Wildman–Crippen MR) is 110 cm³/mol. The number of hydrogen-bond acceptors (Lipinski definition) is 5. The summed E-state index contributed by atoms with van der Waals surface area (Å²) in [5.41, 5.74) is 5.14. The summed E-state index contributed by atoms with van der Waals surface area (Å²) in [6.07, 6.45) is 2.69. The highest BCUT2D eigenvalue weighted by molar-refractivity contribution is 5.85. The Morgan fingerprint density at radius 1 is 1.04 bits per heavy atom. The molecule has 0 fully saturated rings. The summed E-state index contributed by atoms with van der Waals surface area (Å²) >= 11 is 0. The predicted octanol–water partition coefficient (Wildman–Crippen LogP) is 5.44. The standard InChI is InChI=1S/C23H21N3O2/c1-14-13-28-22-8-7-16(11-18(14)22)20-12-23(25-15(2)24-20)26-19-9-10-27-21-6-4-3-5-17(19)21/h3-8,11-13,19H,9-10H2,1-2H3,(H,24,25,26)/t19-/m1/s1. The summed E-state index contributed by atoms with van der Waals surface area (Å²) in [6, 6.07) is 16.5. The molecule has 1 aliphatic rings. The molecule has 1 atom stereocenters. The minimum Gasteiger partial charge on any atom is -0.493 e. The molecule has 140 valence electrons. The van der Waals surface area contributed by atoms with Crippen molar-refractivity contribution in [3.05, 3.63) is 71.7 Å². The molecule has 5 rings (SSSR count). The van der Waals surface area contributed by atoms with E-state index in [2.05, 4.69) is 34.3 Å². The second-order valence-electron chi connectivity index (χ2n) is 7.19. The number of anilines is 1. The van der Waals surface area contributed by atoms with E-state index >= 15 is 0 Å². The molecule has 0 saturated heterocycles. The summed E-state index contributed by atoms with van der Waals surface area (Å²) in [7, 11) is 0. The topological polar surface area (TPSA) is 60.2 Å². The lowest BCUT2D eigenvalue weighted by molar-refractivity contribution is 0.274. The minimum atomic E-state index is 0.172. The molecule has 0 bridgehead atoms. The van der Waals surface area contributed by atoms with E-state index < -0.39 is 0 Å². The minimum absolute atomic E-state index is 0.172. The average molecular weight is 371 g/mol. The molecule has 0 spiro atoms. The Kier molecular flexibility index (Phi) is 4.01. The second kappa shape index (κ2) is 6.68. The summed E-state index contributed by atoms with van der Waals surface area (Å²) in [6.45, 7) is 4.67. The highest BCUT2D eigenvalue weighted by Gasteiger charge is 2.21. The highest BCUT2D eigenvalue weighted by atomic mass is 16.5. The first kappa shape index (κ1) is 16.8. The van der Waals surface area contributed by atoms with Gasteiger partial charge in [-0.05, 0) is 43.7 Å². The summed E-state index contributed by atoms with van der Waals surface area (Å²) < 4.78 is 11.3. The van der Waals surface area contributed by atoms with Crippen molar-refractivity contribution in [3.63, 3.8) is 0 Å². The van der Waals surface area contributed by atoms with Crippen LogP contribution in [0.1, 0.15) is 29.4 Å².